The number of rotatable bonds is 4. The summed E-state index contributed by atoms with van der Waals surface area (Å²) in [6.45, 7) is 9.04. The van der Waals surface area contributed by atoms with Crippen molar-refractivity contribution in [3.63, 3.8) is 0 Å². The highest BCUT2D eigenvalue weighted by atomic mass is 35.5. The Morgan fingerprint density at radius 2 is 2.07 bits per heavy atom. The van der Waals surface area contributed by atoms with Gasteiger partial charge in [0.2, 0.25) is 0 Å². The third-order valence-corrected chi connectivity index (χ3v) is 3.36. The Hall–Kier alpha value is -0.540. The van der Waals surface area contributed by atoms with Crippen molar-refractivity contribution >= 4 is 11.6 Å². The van der Waals surface area contributed by atoms with E-state index in [0.717, 1.165) is 29.4 Å². The minimum atomic E-state index is 0.182. The number of nitrogens with zero attached hydrogens (tertiary/aromatic N) is 2. The fourth-order valence-corrected chi connectivity index (χ4v) is 1.77. The molecule has 0 aliphatic carbocycles. The monoisotopic (exact) mass is 229 g/mol. The maximum atomic E-state index is 6.22. The van der Waals surface area contributed by atoms with Crippen LogP contribution < -0.4 is 5.73 Å². The smallest absolute Gasteiger partial charge is 0.0847 e. The highest BCUT2D eigenvalue weighted by Gasteiger charge is 2.17. The van der Waals surface area contributed by atoms with Crippen molar-refractivity contribution < 1.29 is 0 Å². The van der Waals surface area contributed by atoms with E-state index in [2.05, 4.69) is 18.9 Å². The molecule has 0 amide bonds. The van der Waals surface area contributed by atoms with Crippen LogP contribution in [0.3, 0.4) is 0 Å². The Morgan fingerprint density at radius 3 is 2.53 bits per heavy atom. The number of hydrogen-bond acceptors (Lipinski definition) is 2. The van der Waals surface area contributed by atoms with Gasteiger partial charge in [-0.05, 0) is 33.1 Å². The van der Waals surface area contributed by atoms with Crippen LogP contribution in [0.5, 0.6) is 0 Å². The first kappa shape index (κ1) is 12.5. The molecule has 0 bridgehead atoms. The van der Waals surface area contributed by atoms with Crippen molar-refractivity contribution in [2.24, 2.45) is 11.7 Å². The standard InChI is InChI=1S/C11H20ClN3/c1-5-15-10(6-7(2)8(3)13)11(12)9(4)14-15/h7-8H,5-6,13H2,1-4H3. The minimum Gasteiger partial charge on any atom is -0.328 e. The lowest BCUT2D eigenvalue weighted by Crippen LogP contribution is -2.26. The second-order valence-corrected chi connectivity index (χ2v) is 4.58. The molecule has 0 aliphatic heterocycles. The zero-order valence-corrected chi connectivity index (χ0v) is 10.7. The van der Waals surface area contributed by atoms with Crippen LogP contribution >= 0.6 is 11.6 Å². The number of halogens is 1. The lowest BCUT2D eigenvalue weighted by Gasteiger charge is -2.16. The predicted molar refractivity (Wildman–Crippen MR) is 64.2 cm³/mol. The van der Waals surface area contributed by atoms with E-state index in [9.17, 15) is 0 Å². The number of hydrogen-bond donors (Lipinski definition) is 1. The van der Waals surface area contributed by atoms with E-state index in [1.165, 1.54) is 0 Å². The normalized spacial score (nSPS) is 15.3. The summed E-state index contributed by atoms with van der Waals surface area (Å²) in [6, 6.07) is 0.182. The average Bonchev–Trinajstić information content (AvgIpc) is 2.45. The molecule has 2 N–H and O–H groups in total. The molecule has 0 fully saturated rings. The van der Waals surface area contributed by atoms with E-state index < -0.39 is 0 Å². The molecular weight excluding hydrogens is 210 g/mol. The largest absolute Gasteiger partial charge is 0.328 e. The van der Waals surface area contributed by atoms with Crippen LogP contribution in [0.4, 0.5) is 0 Å². The highest BCUT2D eigenvalue weighted by Crippen LogP contribution is 2.23. The quantitative estimate of drug-likeness (QED) is 0.862. The molecule has 4 heteroatoms. The van der Waals surface area contributed by atoms with E-state index in [4.69, 9.17) is 17.3 Å². The maximum Gasteiger partial charge on any atom is 0.0847 e. The Labute approximate surface area is 96.6 Å². The molecule has 2 unspecified atom stereocenters. The first-order valence-electron chi connectivity index (χ1n) is 5.44. The van der Waals surface area contributed by atoms with Crippen molar-refractivity contribution in [1.82, 2.24) is 9.78 Å². The molecule has 0 radical (unpaired) electrons. The summed E-state index contributed by atoms with van der Waals surface area (Å²) < 4.78 is 1.97. The summed E-state index contributed by atoms with van der Waals surface area (Å²) in [7, 11) is 0. The molecular formula is C11H20ClN3. The lowest BCUT2D eigenvalue weighted by atomic mass is 9.98. The summed E-state index contributed by atoms with van der Waals surface area (Å²) in [5.74, 6) is 0.420. The van der Waals surface area contributed by atoms with Gasteiger partial charge in [-0.3, -0.25) is 4.68 Å². The van der Waals surface area contributed by atoms with E-state index in [0.29, 0.717) is 5.92 Å². The van der Waals surface area contributed by atoms with Gasteiger partial charge in [-0.1, -0.05) is 18.5 Å². The fraction of sp³-hybridized carbons (Fsp3) is 0.727. The van der Waals surface area contributed by atoms with Crippen LogP contribution in [0.25, 0.3) is 0 Å². The summed E-state index contributed by atoms with van der Waals surface area (Å²) in [4.78, 5) is 0. The molecule has 2 atom stereocenters. The van der Waals surface area contributed by atoms with Crippen LogP contribution in [0, 0.1) is 12.8 Å². The summed E-state index contributed by atoms with van der Waals surface area (Å²) in [5, 5.41) is 5.18. The van der Waals surface area contributed by atoms with E-state index in [1.54, 1.807) is 0 Å². The molecule has 1 aromatic heterocycles. The van der Waals surface area contributed by atoms with Crippen LogP contribution in [-0.2, 0) is 13.0 Å². The Balaban J connectivity index is 2.92. The zero-order valence-electron chi connectivity index (χ0n) is 9.92. The SMILES string of the molecule is CCn1nc(C)c(Cl)c1CC(C)C(C)N. The highest BCUT2D eigenvalue weighted by molar-refractivity contribution is 6.31. The van der Waals surface area contributed by atoms with Crippen LogP contribution in [0.2, 0.25) is 5.02 Å². The number of aromatic nitrogens is 2. The molecule has 0 aromatic carbocycles. The lowest BCUT2D eigenvalue weighted by molar-refractivity contribution is 0.460. The molecule has 0 spiro atoms. The maximum absolute atomic E-state index is 6.22. The van der Waals surface area contributed by atoms with Gasteiger partial charge in [0, 0.05) is 12.6 Å². The van der Waals surface area contributed by atoms with E-state index in [-0.39, 0.29) is 6.04 Å². The second kappa shape index (κ2) is 4.99. The third-order valence-electron chi connectivity index (χ3n) is 2.87. The number of nitrogens with two attached hydrogens (primary N) is 1. The van der Waals surface area contributed by atoms with Gasteiger partial charge in [0.25, 0.3) is 0 Å². The molecule has 1 rings (SSSR count). The minimum absolute atomic E-state index is 0.182. The zero-order chi connectivity index (χ0) is 11.6. The van der Waals surface area contributed by atoms with Crippen molar-refractivity contribution in [2.75, 3.05) is 0 Å². The van der Waals surface area contributed by atoms with E-state index in [1.807, 2.05) is 18.5 Å². The van der Waals surface area contributed by atoms with Gasteiger partial charge < -0.3 is 5.73 Å². The topological polar surface area (TPSA) is 43.8 Å². The van der Waals surface area contributed by atoms with Gasteiger partial charge in [0.1, 0.15) is 0 Å². The van der Waals surface area contributed by atoms with Crippen molar-refractivity contribution in [2.45, 2.75) is 46.7 Å². The Kier molecular flexibility index (Phi) is 4.17. The molecule has 1 heterocycles. The molecule has 0 aliphatic rings. The van der Waals surface area contributed by atoms with Gasteiger partial charge in [0.05, 0.1) is 16.4 Å². The van der Waals surface area contributed by atoms with Crippen molar-refractivity contribution in [3.05, 3.63) is 16.4 Å². The Bertz CT molecular complexity index is 331. The van der Waals surface area contributed by atoms with E-state index >= 15 is 0 Å². The van der Waals surface area contributed by atoms with Crippen molar-refractivity contribution in [1.29, 1.82) is 0 Å². The fourth-order valence-electron chi connectivity index (χ4n) is 1.55. The summed E-state index contributed by atoms with van der Waals surface area (Å²) in [6.07, 6.45) is 0.894. The van der Waals surface area contributed by atoms with Gasteiger partial charge in [-0.25, -0.2) is 0 Å². The van der Waals surface area contributed by atoms with Crippen LogP contribution in [0.15, 0.2) is 0 Å². The molecule has 0 saturated carbocycles. The molecule has 15 heavy (non-hydrogen) atoms. The number of aryl methyl sites for hydroxylation is 2. The van der Waals surface area contributed by atoms with Gasteiger partial charge in [-0.2, -0.15) is 5.10 Å². The third kappa shape index (κ3) is 2.73. The van der Waals surface area contributed by atoms with Crippen LogP contribution in [-0.4, -0.2) is 15.8 Å². The Morgan fingerprint density at radius 1 is 1.47 bits per heavy atom. The first-order chi connectivity index (χ1) is 6.97. The molecule has 86 valence electrons. The predicted octanol–water partition coefficient (Wildman–Crippen LogP) is 2.39. The van der Waals surface area contributed by atoms with Gasteiger partial charge in [0.15, 0.2) is 0 Å². The van der Waals surface area contributed by atoms with Gasteiger partial charge in [-0.15, -0.1) is 0 Å². The molecule has 1 aromatic rings. The first-order valence-corrected chi connectivity index (χ1v) is 5.82. The second-order valence-electron chi connectivity index (χ2n) is 4.20. The van der Waals surface area contributed by atoms with Crippen molar-refractivity contribution in [3.8, 4) is 0 Å². The van der Waals surface area contributed by atoms with Gasteiger partial charge >= 0.3 is 0 Å². The summed E-state index contributed by atoms with van der Waals surface area (Å²) in [5.41, 5.74) is 7.88. The molecule has 0 saturated heterocycles. The summed E-state index contributed by atoms with van der Waals surface area (Å²) >= 11 is 6.22. The average molecular weight is 230 g/mol. The molecule has 3 nitrogen and oxygen atoms in total. The van der Waals surface area contributed by atoms with Crippen LogP contribution in [0.1, 0.15) is 32.2 Å².